The van der Waals surface area contributed by atoms with E-state index in [4.69, 9.17) is 5.11 Å². The number of carboxylic acids is 1. The van der Waals surface area contributed by atoms with Crippen molar-refractivity contribution in [3.63, 3.8) is 0 Å². The molecule has 0 aliphatic carbocycles. The van der Waals surface area contributed by atoms with Gasteiger partial charge in [0.05, 0.1) is 12.7 Å². The predicted octanol–water partition coefficient (Wildman–Crippen LogP) is 1.67. The van der Waals surface area contributed by atoms with Crippen LogP contribution in [0.5, 0.6) is 0 Å². The molecule has 1 heterocycles. The van der Waals surface area contributed by atoms with E-state index >= 15 is 0 Å². The highest BCUT2D eigenvalue weighted by Crippen LogP contribution is 2.27. The Bertz CT molecular complexity index is 393. The molecule has 0 fully saturated rings. The van der Waals surface area contributed by atoms with Crippen molar-refractivity contribution in [2.24, 2.45) is 7.05 Å². The van der Waals surface area contributed by atoms with E-state index in [0.717, 1.165) is 5.56 Å². The summed E-state index contributed by atoms with van der Waals surface area (Å²) in [6.45, 7) is 8.08. The van der Waals surface area contributed by atoms with Crippen molar-refractivity contribution in [1.82, 2.24) is 14.7 Å². The zero-order valence-corrected chi connectivity index (χ0v) is 11.1. The second kappa shape index (κ2) is 4.87. The Morgan fingerprint density at radius 2 is 2.18 bits per heavy atom. The van der Waals surface area contributed by atoms with Gasteiger partial charge in [-0.15, -0.1) is 0 Å². The van der Waals surface area contributed by atoms with Gasteiger partial charge < -0.3 is 5.11 Å². The van der Waals surface area contributed by atoms with Crippen LogP contribution in [0.3, 0.4) is 0 Å². The van der Waals surface area contributed by atoms with Crippen LogP contribution in [0.4, 0.5) is 0 Å². The fourth-order valence-electron chi connectivity index (χ4n) is 1.94. The average Bonchev–Trinajstić information content (AvgIpc) is 2.58. The zero-order chi connectivity index (χ0) is 13.2. The Balaban J connectivity index is 2.94. The number of nitrogens with zero attached hydrogens (tertiary/aromatic N) is 3. The monoisotopic (exact) mass is 239 g/mol. The summed E-state index contributed by atoms with van der Waals surface area (Å²) in [5, 5.41) is 13.1. The Kier molecular flexibility index (Phi) is 3.93. The van der Waals surface area contributed by atoms with Crippen LogP contribution in [0.25, 0.3) is 0 Å². The topological polar surface area (TPSA) is 58.4 Å². The fraction of sp³-hybridized carbons (Fsp3) is 0.667. The van der Waals surface area contributed by atoms with Crippen molar-refractivity contribution in [1.29, 1.82) is 0 Å². The highest BCUT2D eigenvalue weighted by molar-refractivity contribution is 5.69. The minimum Gasteiger partial charge on any atom is -0.480 e. The maximum atomic E-state index is 10.9. The lowest BCUT2D eigenvalue weighted by molar-refractivity contribution is -0.140. The summed E-state index contributed by atoms with van der Waals surface area (Å²) in [5.41, 5.74) is 0.830. The number of hydrogen-bond acceptors (Lipinski definition) is 3. The van der Waals surface area contributed by atoms with Gasteiger partial charge in [0.15, 0.2) is 0 Å². The third kappa shape index (κ3) is 3.56. The lowest BCUT2D eigenvalue weighted by atomic mass is 10.0. The minimum atomic E-state index is -0.810. The van der Waals surface area contributed by atoms with Crippen LogP contribution in [0.15, 0.2) is 12.4 Å². The van der Waals surface area contributed by atoms with E-state index in [1.165, 1.54) is 0 Å². The van der Waals surface area contributed by atoms with Gasteiger partial charge in [-0.3, -0.25) is 14.4 Å². The van der Waals surface area contributed by atoms with Gasteiger partial charge in [0.25, 0.3) is 0 Å². The first kappa shape index (κ1) is 13.7. The highest BCUT2D eigenvalue weighted by atomic mass is 16.4. The second-order valence-corrected chi connectivity index (χ2v) is 5.32. The third-order valence-corrected chi connectivity index (χ3v) is 2.84. The Morgan fingerprint density at radius 3 is 2.53 bits per heavy atom. The average molecular weight is 239 g/mol. The summed E-state index contributed by atoms with van der Waals surface area (Å²) in [7, 11) is 1.86. The minimum absolute atomic E-state index is 0.0273. The molecule has 0 saturated carbocycles. The summed E-state index contributed by atoms with van der Waals surface area (Å²) >= 11 is 0. The summed E-state index contributed by atoms with van der Waals surface area (Å²) < 4.78 is 1.73. The summed E-state index contributed by atoms with van der Waals surface area (Å²) in [6, 6.07) is 0.0276. The molecule has 0 bridgehead atoms. The maximum absolute atomic E-state index is 10.9. The lowest BCUT2D eigenvalue weighted by Gasteiger charge is -2.38. The van der Waals surface area contributed by atoms with Gasteiger partial charge in [-0.05, 0) is 27.7 Å². The van der Waals surface area contributed by atoms with E-state index in [0.29, 0.717) is 0 Å². The molecule has 0 amide bonds. The number of hydrogen-bond donors (Lipinski definition) is 1. The van der Waals surface area contributed by atoms with Gasteiger partial charge in [-0.25, -0.2) is 0 Å². The van der Waals surface area contributed by atoms with Crippen molar-refractivity contribution in [3.8, 4) is 0 Å². The SMILES string of the molecule is CC(c1cnn(C)c1)N(CC(=O)O)C(C)(C)C. The Hall–Kier alpha value is -1.36. The molecule has 1 unspecified atom stereocenters. The number of rotatable bonds is 4. The highest BCUT2D eigenvalue weighted by Gasteiger charge is 2.29. The van der Waals surface area contributed by atoms with Gasteiger partial charge in [0.1, 0.15) is 0 Å². The molecule has 1 aromatic rings. The predicted molar refractivity (Wildman–Crippen MR) is 65.7 cm³/mol. The van der Waals surface area contributed by atoms with Gasteiger partial charge in [0.2, 0.25) is 0 Å². The van der Waals surface area contributed by atoms with Crippen LogP contribution in [-0.2, 0) is 11.8 Å². The van der Waals surface area contributed by atoms with Crippen LogP contribution < -0.4 is 0 Å². The second-order valence-electron chi connectivity index (χ2n) is 5.32. The molecule has 0 aromatic carbocycles. The molecular weight excluding hydrogens is 218 g/mol. The van der Waals surface area contributed by atoms with Crippen molar-refractivity contribution in [2.75, 3.05) is 6.54 Å². The van der Waals surface area contributed by atoms with Crippen LogP contribution in [0.2, 0.25) is 0 Å². The molecule has 0 aliphatic heterocycles. The molecule has 0 radical (unpaired) electrons. The molecule has 1 atom stereocenters. The zero-order valence-electron chi connectivity index (χ0n) is 11.1. The largest absolute Gasteiger partial charge is 0.480 e. The molecule has 5 heteroatoms. The number of carbonyl (C=O) groups is 1. The molecule has 0 aliphatic rings. The summed E-state index contributed by atoms with van der Waals surface area (Å²) in [6.07, 6.45) is 3.70. The molecule has 1 aromatic heterocycles. The maximum Gasteiger partial charge on any atom is 0.317 e. The van der Waals surface area contributed by atoms with Crippen molar-refractivity contribution in [2.45, 2.75) is 39.3 Å². The number of carboxylic acid groups (broad SMARTS) is 1. The van der Waals surface area contributed by atoms with E-state index in [1.807, 2.05) is 45.8 Å². The first-order chi connectivity index (χ1) is 7.71. The smallest absolute Gasteiger partial charge is 0.317 e. The van der Waals surface area contributed by atoms with Gasteiger partial charge in [-0.2, -0.15) is 5.10 Å². The molecular formula is C12H21N3O2. The van der Waals surface area contributed by atoms with Crippen molar-refractivity contribution < 1.29 is 9.90 Å². The molecule has 96 valence electrons. The van der Waals surface area contributed by atoms with E-state index in [-0.39, 0.29) is 18.1 Å². The van der Waals surface area contributed by atoms with E-state index in [2.05, 4.69) is 5.10 Å². The quantitative estimate of drug-likeness (QED) is 0.868. The fourth-order valence-corrected chi connectivity index (χ4v) is 1.94. The third-order valence-electron chi connectivity index (χ3n) is 2.84. The number of aliphatic carboxylic acids is 1. The first-order valence-electron chi connectivity index (χ1n) is 5.69. The van der Waals surface area contributed by atoms with E-state index in [1.54, 1.807) is 10.9 Å². The van der Waals surface area contributed by atoms with Gasteiger partial charge >= 0.3 is 5.97 Å². The van der Waals surface area contributed by atoms with Gasteiger partial charge in [0, 0.05) is 30.4 Å². The van der Waals surface area contributed by atoms with Crippen LogP contribution in [0.1, 0.15) is 39.3 Å². The number of aromatic nitrogens is 2. The Labute approximate surface area is 102 Å². The molecule has 17 heavy (non-hydrogen) atoms. The van der Waals surface area contributed by atoms with Crippen molar-refractivity contribution in [3.05, 3.63) is 18.0 Å². The van der Waals surface area contributed by atoms with Gasteiger partial charge in [-0.1, -0.05) is 0 Å². The molecule has 5 nitrogen and oxygen atoms in total. The summed E-state index contributed by atoms with van der Waals surface area (Å²) in [5.74, 6) is -0.810. The Morgan fingerprint density at radius 1 is 1.59 bits per heavy atom. The van der Waals surface area contributed by atoms with Crippen LogP contribution in [0, 0.1) is 0 Å². The van der Waals surface area contributed by atoms with Crippen molar-refractivity contribution >= 4 is 5.97 Å². The molecule has 1 rings (SSSR count). The van der Waals surface area contributed by atoms with Crippen LogP contribution >= 0.6 is 0 Å². The molecule has 1 N–H and O–H groups in total. The van der Waals surface area contributed by atoms with Crippen LogP contribution in [-0.4, -0.2) is 37.8 Å². The molecule has 0 spiro atoms. The summed E-state index contributed by atoms with van der Waals surface area (Å²) in [4.78, 5) is 12.9. The normalized spacial score (nSPS) is 14.0. The first-order valence-corrected chi connectivity index (χ1v) is 5.69. The van der Waals surface area contributed by atoms with E-state index in [9.17, 15) is 4.79 Å². The van der Waals surface area contributed by atoms with E-state index < -0.39 is 5.97 Å². The standard InChI is InChI=1S/C12H21N3O2/c1-9(10-6-13-14(5)7-10)15(8-11(16)17)12(2,3)4/h6-7,9H,8H2,1-5H3,(H,16,17). The lowest BCUT2D eigenvalue weighted by Crippen LogP contribution is -2.45. The number of aryl methyl sites for hydroxylation is 1. The molecule has 0 saturated heterocycles.